The van der Waals surface area contributed by atoms with E-state index in [1.165, 1.54) is 5.56 Å². The van der Waals surface area contributed by atoms with Crippen LogP contribution in [0.1, 0.15) is 35.1 Å². The predicted octanol–water partition coefficient (Wildman–Crippen LogP) is 3.50. The minimum Gasteiger partial charge on any atom is -0.375 e. The van der Waals surface area contributed by atoms with Crippen LogP contribution in [0, 0.1) is 0 Å². The minimum absolute atomic E-state index is 0.0150. The Morgan fingerprint density at radius 2 is 2.13 bits per heavy atom. The van der Waals surface area contributed by atoms with Crippen molar-refractivity contribution in [2.24, 2.45) is 4.99 Å². The van der Waals surface area contributed by atoms with Gasteiger partial charge in [0, 0.05) is 45.5 Å². The van der Waals surface area contributed by atoms with Gasteiger partial charge in [-0.05, 0) is 18.9 Å². The molecule has 1 atom stereocenters. The number of thiazole rings is 1. The number of nitrogens with zero attached hydrogens (tertiary/aromatic N) is 5. The number of guanidine groups is 1. The number of aryl methyl sites for hydroxylation is 2. The van der Waals surface area contributed by atoms with E-state index in [2.05, 4.69) is 59.4 Å². The molecule has 0 saturated heterocycles. The van der Waals surface area contributed by atoms with Gasteiger partial charge in [0.25, 0.3) is 0 Å². The maximum atomic E-state index is 5.35. The van der Waals surface area contributed by atoms with Gasteiger partial charge in [-0.3, -0.25) is 4.99 Å². The van der Waals surface area contributed by atoms with E-state index in [0.717, 1.165) is 35.5 Å². The first kappa shape index (κ1) is 22.0. The minimum atomic E-state index is 0.0150. The third-order valence-corrected chi connectivity index (χ3v) is 5.99. The van der Waals surface area contributed by atoms with Gasteiger partial charge in [0.15, 0.2) is 5.96 Å². The molecular weight excluding hydrogens is 396 g/mol. The van der Waals surface area contributed by atoms with Gasteiger partial charge in [0.1, 0.15) is 16.9 Å². The molecule has 8 heteroatoms. The lowest BCUT2D eigenvalue weighted by atomic mass is 10.1. The molecule has 0 fully saturated rings. The predicted molar refractivity (Wildman–Crippen MR) is 122 cm³/mol. The van der Waals surface area contributed by atoms with E-state index in [1.54, 1.807) is 25.5 Å². The maximum Gasteiger partial charge on any atom is 0.194 e. The second kappa shape index (κ2) is 10.9. The summed E-state index contributed by atoms with van der Waals surface area (Å²) in [6.45, 7) is 4.19. The highest BCUT2D eigenvalue weighted by molar-refractivity contribution is 7.09. The van der Waals surface area contributed by atoms with Crippen molar-refractivity contribution in [2.45, 2.75) is 39.1 Å². The summed E-state index contributed by atoms with van der Waals surface area (Å²) in [6.07, 6.45) is 4.87. The molecule has 3 rings (SSSR count). The number of benzene rings is 1. The van der Waals surface area contributed by atoms with Crippen LogP contribution in [-0.4, -0.2) is 46.6 Å². The molecule has 0 aliphatic rings. The fourth-order valence-corrected chi connectivity index (χ4v) is 3.99. The van der Waals surface area contributed by atoms with Gasteiger partial charge in [-0.1, -0.05) is 30.3 Å². The highest BCUT2D eigenvalue weighted by Gasteiger charge is 2.13. The first-order valence-corrected chi connectivity index (χ1v) is 10.9. The van der Waals surface area contributed by atoms with Crippen molar-refractivity contribution in [1.29, 1.82) is 0 Å². The van der Waals surface area contributed by atoms with Crippen LogP contribution in [0.3, 0.4) is 0 Å². The lowest BCUT2D eigenvalue weighted by Gasteiger charge is -2.21. The number of rotatable bonds is 9. The van der Waals surface area contributed by atoms with Crippen molar-refractivity contribution in [3.63, 3.8) is 0 Å². The summed E-state index contributed by atoms with van der Waals surface area (Å²) in [5, 5.41) is 6.48. The van der Waals surface area contributed by atoms with Crippen LogP contribution >= 0.6 is 11.3 Å². The number of aliphatic imine (C=N–C) groups is 1. The molecule has 0 saturated carbocycles. The lowest BCUT2D eigenvalue weighted by molar-refractivity contribution is 0.119. The summed E-state index contributed by atoms with van der Waals surface area (Å²) in [5.41, 5.74) is 2.33. The average Bonchev–Trinajstić information content (AvgIpc) is 3.42. The Morgan fingerprint density at radius 3 is 2.87 bits per heavy atom. The number of hydrogen-bond acceptors (Lipinski definition) is 5. The third kappa shape index (κ3) is 5.90. The van der Waals surface area contributed by atoms with Crippen molar-refractivity contribution in [1.82, 2.24) is 24.8 Å². The van der Waals surface area contributed by atoms with Crippen molar-refractivity contribution in [3.05, 3.63) is 70.2 Å². The number of methoxy groups -OCH3 is 1. The van der Waals surface area contributed by atoms with Crippen LogP contribution < -0.4 is 5.32 Å². The quantitative estimate of drug-likeness (QED) is 0.419. The summed E-state index contributed by atoms with van der Waals surface area (Å²) >= 11 is 1.62. The van der Waals surface area contributed by atoms with Gasteiger partial charge < -0.3 is 19.5 Å². The van der Waals surface area contributed by atoms with Gasteiger partial charge in [-0.25, -0.2) is 9.97 Å². The van der Waals surface area contributed by atoms with E-state index >= 15 is 0 Å². The fraction of sp³-hybridized carbons (Fsp3) is 0.409. The second-order valence-corrected chi connectivity index (χ2v) is 7.97. The topological polar surface area (TPSA) is 67.6 Å². The van der Waals surface area contributed by atoms with E-state index in [9.17, 15) is 0 Å². The Balaban J connectivity index is 1.54. The largest absolute Gasteiger partial charge is 0.375 e. The molecule has 3 aromatic rings. The van der Waals surface area contributed by atoms with E-state index in [4.69, 9.17) is 4.74 Å². The van der Waals surface area contributed by atoms with Gasteiger partial charge in [-0.2, -0.15) is 0 Å². The average molecular weight is 427 g/mol. The normalized spacial score (nSPS) is 12.7. The Bertz CT molecular complexity index is 936. The summed E-state index contributed by atoms with van der Waals surface area (Å²) in [7, 11) is 5.50. The number of imidazole rings is 1. The first-order chi connectivity index (χ1) is 14.6. The van der Waals surface area contributed by atoms with Gasteiger partial charge in [0.2, 0.25) is 0 Å². The van der Waals surface area contributed by atoms with Crippen LogP contribution in [-0.2, 0) is 30.8 Å². The molecule has 0 spiro atoms. The highest BCUT2D eigenvalue weighted by Crippen LogP contribution is 2.20. The summed E-state index contributed by atoms with van der Waals surface area (Å²) in [4.78, 5) is 15.7. The lowest BCUT2D eigenvalue weighted by Crippen LogP contribution is -2.38. The SMILES string of the molecule is CN=C(NCc1nccn1CCc1ccccc1)N(C)Cc1csc(C(C)OC)n1. The summed E-state index contributed by atoms with van der Waals surface area (Å²) in [6, 6.07) is 10.5. The maximum absolute atomic E-state index is 5.35. The number of ether oxygens (including phenoxy) is 1. The molecule has 0 radical (unpaired) electrons. The van der Waals surface area contributed by atoms with Crippen LogP contribution in [0.4, 0.5) is 0 Å². The van der Waals surface area contributed by atoms with Crippen molar-refractivity contribution < 1.29 is 4.74 Å². The number of aromatic nitrogens is 3. The molecule has 0 aliphatic heterocycles. The molecule has 30 heavy (non-hydrogen) atoms. The zero-order valence-electron chi connectivity index (χ0n) is 18.1. The molecule has 0 amide bonds. The van der Waals surface area contributed by atoms with Crippen LogP contribution in [0.2, 0.25) is 0 Å². The standard InChI is InChI=1S/C22H30N6OS/c1-17(29-4)21-26-19(16-30-21)15-27(3)22(23-2)25-14-20-24-11-13-28(20)12-10-18-8-6-5-7-9-18/h5-9,11,13,16-17H,10,12,14-15H2,1-4H3,(H,23,25). The van der Waals surface area contributed by atoms with Crippen molar-refractivity contribution >= 4 is 17.3 Å². The van der Waals surface area contributed by atoms with Crippen LogP contribution in [0.5, 0.6) is 0 Å². The summed E-state index contributed by atoms with van der Waals surface area (Å²) in [5.74, 6) is 1.80. The molecule has 1 N–H and O–H groups in total. The van der Waals surface area contributed by atoms with E-state index in [-0.39, 0.29) is 6.10 Å². The molecule has 1 unspecified atom stereocenters. The molecule has 1 aromatic carbocycles. The molecule has 2 aromatic heterocycles. The number of nitrogens with one attached hydrogen (secondary N) is 1. The molecule has 0 aliphatic carbocycles. The monoisotopic (exact) mass is 426 g/mol. The molecule has 160 valence electrons. The Labute approximate surface area is 182 Å². The van der Waals surface area contributed by atoms with Crippen LogP contribution in [0.25, 0.3) is 0 Å². The van der Waals surface area contributed by atoms with Crippen LogP contribution in [0.15, 0.2) is 53.1 Å². The summed E-state index contributed by atoms with van der Waals surface area (Å²) < 4.78 is 7.54. The van der Waals surface area contributed by atoms with Gasteiger partial charge in [0.05, 0.1) is 18.8 Å². The molecule has 7 nitrogen and oxygen atoms in total. The van der Waals surface area contributed by atoms with Gasteiger partial charge in [-0.15, -0.1) is 11.3 Å². The third-order valence-electron chi connectivity index (χ3n) is 4.93. The fourth-order valence-electron chi connectivity index (χ4n) is 3.15. The van der Waals surface area contributed by atoms with Crippen molar-refractivity contribution in [2.75, 3.05) is 21.2 Å². The van der Waals surface area contributed by atoms with E-state index < -0.39 is 0 Å². The molecule has 0 bridgehead atoms. The van der Waals surface area contributed by atoms with Gasteiger partial charge >= 0.3 is 0 Å². The number of hydrogen-bond donors (Lipinski definition) is 1. The molecular formula is C22H30N6OS. The smallest absolute Gasteiger partial charge is 0.194 e. The van der Waals surface area contributed by atoms with E-state index in [0.29, 0.717) is 13.1 Å². The highest BCUT2D eigenvalue weighted by atomic mass is 32.1. The second-order valence-electron chi connectivity index (χ2n) is 7.08. The molecule has 2 heterocycles. The Hall–Kier alpha value is -2.71. The van der Waals surface area contributed by atoms with Crippen molar-refractivity contribution in [3.8, 4) is 0 Å². The Kier molecular flexibility index (Phi) is 7.98. The zero-order valence-corrected chi connectivity index (χ0v) is 18.9. The first-order valence-electron chi connectivity index (χ1n) is 10.0. The zero-order chi connectivity index (χ0) is 21.3. The Morgan fingerprint density at radius 1 is 1.33 bits per heavy atom. The van der Waals surface area contributed by atoms with E-state index in [1.807, 2.05) is 32.4 Å².